The molecule has 0 atom stereocenters. The lowest BCUT2D eigenvalue weighted by molar-refractivity contribution is 0.461. The molecule has 1 aromatic heterocycles. The highest BCUT2D eigenvalue weighted by Gasteiger charge is 2.08. The predicted octanol–water partition coefficient (Wildman–Crippen LogP) is 3.18. The Morgan fingerprint density at radius 2 is 2.11 bits per heavy atom. The van der Waals surface area contributed by atoms with E-state index in [1.54, 1.807) is 0 Å². The summed E-state index contributed by atoms with van der Waals surface area (Å²) in [6, 6.07) is 8.07. The van der Waals surface area contributed by atoms with Crippen molar-refractivity contribution in [3.8, 4) is 11.5 Å². The first-order valence-electron chi connectivity index (χ1n) is 6.75. The molecular formula is C15H21N3O. The summed E-state index contributed by atoms with van der Waals surface area (Å²) in [6.07, 6.45) is 1.15. The lowest BCUT2D eigenvalue weighted by Gasteiger charge is -2.04. The average Bonchev–Trinajstić information content (AvgIpc) is 2.83. The standard InChI is InChI=1S/C15H21N3O/c1-11(2)7-8-16-10-14-17-18-15(19-14)13-6-4-5-12(3)9-13/h4-6,9,11,16H,7-8,10H2,1-3H3. The van der Waals surface area contributed by atoms with Gasteiger partial charge in [0.05, 0.1) is 6.54 Å². The van der Waals surface area contributed by atoms with Crippen LogP contribution in [0.3, 0.4) is 0 Å². The first-order valence-corrected chi connectivity index (χ1v) is 6.75. The van der Waals surface area contributed by atoms with Gasteiger partial charge in [-0.25, -0.2) is 0 Å². The molecule has 102 valence electrons. The van der Waals surface area contributed by atoms with E-state index in [1.807, 2.05) is 31.2 Å². The molecule has 0 amide bonds. The van der Waals surface area contributed by atoms with Gasteiger partial charge in [-0.3, -0.25) is 0 Å². The number of benzene rings is 1. The molecule has 1 heterocycles. The summed E-state index contributed by atoms with van der Waals surface area (Å²) in [4.78, 5) is 0. The van der Waals surface area contributed by atoms with Crippen molar-refractivity contribution in [2.75, 3.05) is 6.54 Å². The van der Waals surface area contributed by atoms with Gasteiger partial charge in [-0.2, -0.15) is 0 Å². The van der Waals surface area contributed by atoms with Crippen LogP contribution in [0.2, 0.25) is 0 Å². The second-order valence-electron chi connectivity index (χ2n) is 5.23. The molecule has 0 unspecified atom stereocenters. The molecule has 2 rings (SSSR count). The van der Waals surface area contributed by atoms with E-state index in [4.69, 9.17) is 4.42 Å². The summed E-state index contributed by atoms with van der Waals surface area (Å²) < 4.78 is 5.65. The van der Waals surface area contributed by atoms with Crippen LogP contribution in [0.25, 0.3) is 11.5 Å². The minimum absolute atomic E-state index is 0.587. The molecule has 19 heavy (non-hydrogen) atoms. The van der Waals surface area contributed by atoms with Crippen molar-refractivity contribution in [1.29, 1.82) is 0 Å². The number of aromatic nitrogens is 2. The monoisotopic (exact) mass is 259 g/mol. The van der Waals surface area contributed by atoms with E-state index in [-0.39, 0.29) is 0 Å². The number of rotatable bonds is 6. The van der Waals surface area contributed by atoms with Gasteiger partial charge in [-0.05, 0) is 37.9 Å². The molecule has 1 N–H and O–H groups in total. The van der Waals surface area contributed by atoms with Crippen LogP contribution in [-0.2, 0) is 6.54 Å². The van der Waals surface area contributed by atoms with Crippen LogP contribution in [0.15, 0.2) is 28.7 Å². The van der Waals surface area contributed by atoms with Crippen molar-refractivity contribution in [3.05, 3.63) is 35.7 Å². The van der Waals surface area contributed by atoms with E-state index in [0.717, 1.165) is 18.5 Å². The first kappa shape index (κ1) is 13.7. The zero-order chi connectivity index (χ0) is 13.7. The number of nitrogens with zero attached hydrogens (tertiary/aromatic N) is 2. The Kier molecular flexibility index (Phi) is 4.68. The largest absolute Gasteiger partial charge is 0.419 e. The lowest BCUT2D eigenvalue weighted by atomic mass is 10.1. The molecule has 0 fully saturated rings. The van der Waals surface area contributed by atoms with Crippen LogP contribution < -0.4 is 5.32 Å². The van der Waals surface area contributed by atoms with E-state index in [1.165, 1.54) is 5.56 Å². The lowest BCUT2D eigenvalue weighted by Crippen LogP contribution is -2.16. The second-order valence-corrected chi connectivity index (χ2v) is 5.23. The molecule has 0 bridgehead atoms. The molecule has 0 aliphatic carbocycles. The smallest absolute Gasteiger partial charge is 0.247 e. The van der Waals surface area contributed by atoms with Gasteiger partial charge in [0.15, 0.2) is 0 Å². The molecule has 0 radical (unpaired) electrons. The Bertz CT molecular complexity index is 520. The van der Waals surface area contributed by atoms with Crippen LogP contribution in [0.1, 0.15) is 31.7 Å². The highest BCUT2D eigenvalue weighted by molar-refractivity contribution is 5.53. The normalized spacial score (nSPS) is 11.2. The average molecular weight is 259 g/mol. The number of nitrogens with one attached hydrogen (secondary N) is 1. The number of hydrogen-bond donors (Lipinski definition) is 1. The predicted molar refractivity (Wildman–Crippen MR) is 75.6 cm³/mol. The van der Waals surface area contributed by atoms with Gasteiger partial charge in [0.25, 0.3) is 0 Å². The van der Waals surface area contributed by atoms with Crippen molar-refractivity contribution in [1.82, 2.24) is 15.5 Å². The molecule has 0 aliphatic heterocycles. The summed E-state index contributed by atoms with van der Waals surface area (Å²) in [6.45, 7) is 8.08. The van der Waals surface area contributed by atoms with Crippen LogP contribution in [0.5, 0.6) is 0 Å². The highest BCUT2D eigenvalue weighted by atomic mass is 16.4. The molecule has 4 nitrogen and oxygen atoms in total. The Hall–Kier alpha value is -1.68. The van der Waals surface area contributed by atoms with Gasteiger partial charge >= 0.3 is 0 Å². The fourth-order valence-corrected chi connectivity index (χ4v) is 1.81. The minimum atomic E-state index is 0.587. The molecule has 0 aliphatic rings. The maximum atomic E-state index is 5.65. The van der Waals surface area contributed by atoms with Gasteiger partial charge in [-0.1, -0.05) is 31.5 Å². The van der Waals surface area contributed by atoms with E-state index < -0.39 is 0 Å². The SMILES string of the molecule is Cc1cccc(-c2nnc(CNCCC(C)C)o2)c1. The molecule has 0 spiro atoms. The van der Waals surface area contributed by atoms with Crippen molar-refractivity contribution < 1.29 is 4.42 Å². The van der Waals surface area contributed by atoms with E-state index >= 15 is 0 Å². The molecule has 1 aromatic carbocycles. The van der Waals surface area contributed by atoms with Crippen LogP contribution in [-0.4, -0.2) is 16.7 Å². The molecular weight excluding hydrogens is 238 g/mol. The van der Waals surface area contributed by atoms with E-state index in [0.29, 0.717) is 24.2 Å². The van der Waals surface area contributed by atoms with Crippen molar-refractivity contribution in [2.45, 2.75) is 33.7 Å². The molecule has 4 heteroatoms. The van der Waals surface area contributed by atoms with Crippen molar-refractivity contribution >= 4 is 0 Å². The Labute approximate surface area is 114 Å². The fourth-order valence-electron chi connectivity index (χ4n) is 1.81. The van der Waals surface area contributed by atoms with Crippen molar-refractivity contribution in [3.63, 3.8) is 0 Å². The minimum Gasteiger partial charge on any atom is -0.419 e. The van der Waals surface area contributed by atoms with E-state index in [9.17, 15) is 0 Å². The third-order valence-corrected chi connectivity index (χ3v) is 2.91. The second kappa shape index (κ2) is 6.48. The molecule has 0 saturated carbocycles. The van der Waals surface area contributed by atoms with Crippen LogP contribution in [0.4, 0.5) is 0 Å². The Morgan fingerprint density at radius 3 is 2.84 bits per heavy atom. The molecule has 2 aromatic rings. The van der Waals surface area contributed by atoms with Gasteiger partial charge in [-0.15, -0.1) is 10.2 Å². The van der Waals surface area contributed by atoms with Crippen molar-refractivity contribution in [2.24, 2.45) is 5.92 Å². The maximum absolute atomic E-state index is 5.65. The highest BCUT2D eigenvalue weighted by Crippen LogP contribution is 2.18. The Balaban J connectivity index is 1.92. The van der Waals surface area contributed by atoms with Gasteiger partial charge in [0.2, 0.25) is 11.8 Å². The number of aryl methyl sites for hydroxylation is 1. The maximum Gasteiger partial charge on any atom is 0.247 e. The Morgan fingerprint density at radius 1 is 1.26 bits per heavy atom. The third-order valence-electron chi connectivity index (χ3n) is 2.91. The quantitative estimate of drug-likeness (QED) is 0.809. The van der Waals surface area contributed by atoms with Gasteiger partial charge < -0.3 is 9.73 Å². The zero-order valence-electron chi connectivity index (χ0n) is 11.8. The topological polar surface area (TPSA) is 51.0 Å². The summed E-state index contributed by atoms with van der Waals surface area (Å²) >= 11 is 0. The third kappa shape index (κ3) is 4.17. The van der Waals surface area contributed by atoms with Gasteiger partial charge in [0, 0.05) is 5.56 Å². The van der Waals surface area contributed by atoms with Crippen LogP contribution >= 0.6 is 0 Å². The first-order chi connectivity index (χ1) is 9.15. The zero-order valence-corrected chi connectivity index (χ0v) is 11.8. The molecule has 0 saturated heterocycles. The van der Waals surface area contributed by atoms with Gasteiger partial charge in [0.1, 0.15) is 0 Å². The summed E-state index contributed by atoms with van der Waals surface area (Å²) in [5.74, 6) is 1.93. The van der Waals surface area contributed by atoms with E-state index in [2.05, 4.69) is 29.4 Å². The number of hydrogen-bond acceptors (Lipinski definition) is 4. The fraction of sp³-hybridized carbons (Fsp3) is 0.467. The summed E-state index contributed by atoms with van der Waals surface area (Å²) in [5, 5.41) is 11.5. The van der Waals surface area contributed by atoms with Crippen LogP contribution in [0, 0.1) is 12.8 Å². The summed E-state index contributed by atoms with van der Waals surface area (Å²) in [7, 11) is 0. The summed E-state index contributed by atoms with van der Waals surface area (Å²) in [5.41, 5.74) is 2.16.